The molecular weight excluding hydrogens is 309 g/mol. The zero-order chi connectivity index (χ0) is 13.9. The van der Waals surface area contributed by atoms with Crippen LogP contribution < -0.4 is 4.72 Å². The quantitative estimate of drug-likeness (QED) is 0.941. The van der Waals surface area contributed by atoms with E-state index in [-0.39, 0.29) is 11.7 Å². The molecule has 0 saturated heterocycles. The fourth-order valence-electron chi connectivity index (χ4n) is 1.38. The second-order valence-electron chi connectivity index (χ2n) is 3.68. The first kappa shape index (κ1) is 14.0. The Bertz CT molecular complexity index is 678. The van der Waals surface area contributed by atoms with Crippen LogP contribution in [0.3, 0.4) is 0 Å². The second kappa shape index (κ2) is 5.73. The Morgan fingerprint density at radius 3 is 2.42 bits per heavy atom. The van der Waals surface area contributed by atoms with Crippen molar-refractivity contribution in [2.75, 3.05) is 4.72 Å². The Labute approximate surface area is 120 Å². The van der Waals surface area contributed by atoms with E-state index in [0.717, 1.165) is 0 Å². The minimum atomic E-state index is -3.59. The Kier molecular flexibility index (Phi) is 4.24. The number of hydrogen-bond acceptors (Lipinski definition) is 4. The van der Waals surface area contributed by atoms with Gasteiger partial charge in [0.2, 0.25) is 16.0 Å². The zero-order valence-electron chi connectivity index (χ0n) is 9.55. The van der Waals surface area contributed by atoms with Crippen LogP contribution in [0, 0.1) is 0 Å². The smallest absolute Gasteiger partial charge is 0.239 e. The van der Waals surface area contributed by atoms with Crippen molar-refractivity contribution in [1.29, 1.82) is 0 Å². The fraction of sp³-hybridized carbons (Fsp3) is 0.0909. The summed E-state index contributed by atoms with van der Waals surface area (Å²) in [6.45, 7) is 0. The van der Waals surface area contributed by atoms with Gasteiger partial charge in [-0.15, -0.1) is 0 Å². The lowest BCUT2D eigenvalue weighted by Crippen LogP contribution is -2.16. The Hall–Kier alpha value is -1.37. The SMILES string of the molecule is O=S(=O)(Cc1ccc(Cl)c(Cl)c1)Nc1ncccn1. The van der Waals surface area contributed by atoms with Crippen LogP contribution in [0.25, 0.3) is 0 Å². The molecule has 0 saturated carbocycles. The van der Waals surface area contributed by atoms with Gasteiger partial charge in [0, 0.05) is 12.4 Å². The van der Waals surface area contributed by atoms with E-state index in [1.54, 1.807) is 18.2 Å². The molecule has 100 valence electrons. The van der Waals surface area contributed by atoms with Crippen molar-refractivity contribution in [3.63, 3.8) is 0 Å². The second-order valence-corrected chi connectivity index (χ2v) is 6.22. The molecule has 1 N–H and O–H groups in total. The Morgan fingerprint density at radius 1 is 1.11 bits per heavy atom. The predicted molar refractivity (Wildman–Crippen MR) is 74.7 cm³/mol. The lowest BCUT2D eigenvalue weighted by Gasteiger charge is -2.07. The number of rotatable bonds is 4. The average molecular weight is 318 g/mol. The highest BCUT2D eigenvalue weighted by Crippen LogP contribution is 2.23. The van der Waals surface area contributed by atoms with Gasteiger partial charge in [0.1, 0.15) is 0 Å². The van der Waals surface area contributed by atoms with Crippen molar-refractivity contribution >= 4 is 39.2 Å². The number of nitrogens with one attached hydrogen (secondary N) is 1. The van der Waals surface area contributed by atoms with Crippen LogP contribution in [0.2, 0.25) is 10.0 Å². The van der Waals surface area contributed by atoms with E-state index in [4.69, 9.17) is 23.2 Å². The molecule has 1 heterocycles. The maximum atomic E-state index is 11.9. The normalized spacial score (nSPS) is 11.3. The van der Waals surface area contributed by atoms with Gasteiger partial charge in [-0.05, 0) is 23.8 Å². The number of sulfonamides is 1. The third kappa shape index (κ3) is 4.05. The van der Waals surface area contributed by atoms with Crippen LogP contribution in [0.1, 0.15) is 5.56 Å². The largest absolute Gasteiger partial charge is 0.251 e. The number of halogens is 2. The summed E-state index contributed by atoms with van der Waals surface area (Å²) in [6, 6.07) is 6.25. The van der Waals surface area contributed by atoms with Gasteiger partial charge in [-0.1, -0.05) is 29.3 Å². The van der Waals surface area contributed by atoms with Crippen molar-refractivity contribution in [3.05, 3.63) is 52.3 Å². The summed E-state index contributed by atoms with van der Waals surface area (Å²) in [6.07, 6.45) is 2.90. The summed E-state index contributed by atoms with van der Waals surface area (Å²) in [7, 11) is -3.59. The summed E-state index contributed by atoms with van der Waals surface area (Å²) < 4.78 is 26.1. The van der Waals surface area contributed by atoms with Gasteiger partial charge in [0.25, 0.3) is 0 Å². The molecule has 19 heavy (non-hydrogen) atoms. The number of nitrogens with zero attached hydrogens (tertiary/aromatic N) is 2. The van der Waals surface area contributed by atoms with E-state index in [1.807, 2.05) is 0 Å². The molecule has 0 amide bonds. The highest BCUT2D eigenvalue weighted by Gasteiger charge is 2.13. The van der Waals surface area contributed by atoms with Crippen molar-refractivity contribution < 1.29 is 8.42 Å². The average Bonchev–Trinajstić information content (AvgIpc) is 2.34. The first-order valence-electron chi connectivity index (χ1n) is 5.18. The van der Waals surface area contributed by atoms with E-state index in [0.29, 0.717) is 15.6 Å². The molecule has 5 nitrogen and oxygen atoms in total. The molecule has 0 atom stereocenters. The molecule has 0 aliphatic rings. The number of anilines is 1. The molecule has 0 bridgehead atoms. The first-order chi connectivity index (χ1) is 8.96. The molecule has 0 aliphatic carbocycles. The Balaban J connectivity index is 2.15. The zero-order valence-corrected chi connectivity index (χ0v) is 11.9. The maximum Gasteiger partial charge on any atom is 0.239 e. The van der Waals surface area contributed by atoms with Crippen molar-refractivity contribution in [1.82, 2.24) is 9.97 Å². The molecule has 2 rings (SSSR count). The molecular formula is C11H9Cl2N3O2S. The van der Waals surface area contributed by atoms with Gasteiger partial charge >= 0.3 is 0 Å². The van der Waals surface area contributed by atoms with Gasteiger partial charge in [-0.25, -0.2) is 18.4 Å². The summed E-state index contributed by atoms with van der Waals surface area (Å²) in [4.78, 5) is 7.58. The van der Waals surface area contributed by atoms with E-state index in [2.05, 4.69) is 14.7 Å². The van der Waals surface area contributed by atoms with Crippen molar-refractivity contribution in [3.8, 4) is 0 Å². The van der Waals surface area contributed by atoms with E-state index >= 15 is 0 Å². The lowest BCUT2D eigenvalue weighted by molar-refractivity contribution is 0.600. The lowest BCUT2D eigenvalue weighted by atomic mass is 10.2. The van der Waals surface area contributed by atoms with Gasteiger partial charge in [0.15, 0.2) is 0 Å². The molecule has 1 aromatic carbocycles. The third-order valence-electron chi connectivity index (χ3n) is 2.15. The predicted octanol–water partition coefficient (Wildman–Crippen LogP) is 2.73. The number of aromatic nitrogens is 2. The summed E-state index contributed by atoms with van der Waals surface area (Å²) >= 11 is 11.6. The van der Waals surface area contributed by atoms with Gasteiger partial charge in [0.05, 0.1) is 15.8 Å². The van der Waals surface area contributed by atoms with Crippen LogP contribution in [-0.2, 0) is 15.8 Å². The van der Waals surface area contributed by atoms with Crippen LogP contribution in [0.4, 0.5) is 5.95 Å². The third-order valence-corrected chi connectivity index (χ3v) is 4.10. The highest BCUT2D eigenvalue weighted by molar-refractivity contribution is 7.91. The monoisotopic (exact) mass is 317 g/mol. The number of benzene rings is 1. The molecule has 2 aromatic rings. The molecule has 0 unspecified atom stereocenters. The van der Waals surface area contributed by atoms with Crippen LogP contribution >= 0.6 is 23.2 Å². The maximum absolute atomic E-state index is 11.9. The molecule has 0 aliphatic heterocycles. The van der Waals surface area contributed by atoms with Gasteiger partial charge < -0.3 is 0 Å². The van der Waals surface area contributed by atoms with Crippen molar-refractivity contribution in [2.24, 2.45) is 0 Å². The van der Waals surface area contributed by atoms with Crippen LogP contribution in [-0.4, -0.2) is 18.4 Å². The molecule has 0 fully saturated rings. The van der Waals surface area contributed by atoms with E-state index in [9.17, 15) is 8.42 Å². The van der Waals surface area contributed by atoms with Gasteiger partial charge in [-0.3, -0.25) is 4.72 Å². The topological polar surface area (TPSA) is 72.0 Å². The Morgan fingerprint density at radius 2 is 1.79 bits per heavy atom. The first-order valence-corrected chi connectivity index (χ1v) is 7.58. The summed E-state index contributed by atoms with van der Waals surface area (Å²) in [5.41, 5.74) is 0.526. The van der Waals surface area contributed by atoms with Crippen LogP contribution in [0.15, 0.2) is 36.7 Å². The molecule has 1 aromatic heterocycles. The van der Waals surface area contributed by atoms with Crippen LogP contribution in [0.5, 0.6) is 0 Å². The molecule has 0 radical (unpaired) electrons. The number of hydrogen-bond donors (Lipinski definition) is 1. The van der Waals surface area contributed by atoms with E-state index < -0.39 is 10.0 Å². The van der Waals surface area contributed by atoms with Gasteiger partial charge in [-0.2, -0.15) is 0 Å². The molecule has 0 spiro atoms. The molecule has 8 heteroatoms. The summed E-state index contributed by atoms with van der Waals surface area (Å²) in [5, 5.41) is 0.687. The van der Waals surface area contributed by atoms with E-state index in [1.165, 1.54) is 18.5 Å². The minimum absolute atomic E-state index is 0.0301. The van der Waals surface area contributed by atoms with Crippen molar-refractivity contribution in [2.45, 2.75) is 5.75 Å². The standard InChI is InChI=1S/C11H9Cl2N3O2S/c12-9-3-2-8(6-10(9)13)7-19(17,18)16-11-14-4-1-5-15-11/h1-6H,7H2,(H,14,15,16). The fourth-order valence-corrected chi connectivity index (χ4v) is 2.77. The highest BCUT2D eigenvalue weighted by atomic mass is 35.5. The summed E-state index contributed by atoms with van der Waals surface area (Å²) in [5.74, 6) is -0.204. The minimum Gasteiger partial charge on any atom is -0.251 e.